The van der Waals surface area contributed by atoms with E-state index < -0.39 is 30.3 Å². The monoisotopic (exact) mass is 745 g/mol. The van der Waals surface area contributed by atoms with Gasteiger partial charge in [-0.05, 0) is 62.0 Å². The molecular weight excluding hydrogens is 683 g/mol. The Hall–Kier alpha value is -2.99. The van der Waals surface area contributed by atoms with Crippen molar-refractivity contribution in [2.75, 3.05) is 31.5 Å². The third-order valence-electron chi connectivity index (χ3n) is 10.7. The molecule has 2 aliphatic heterocycles. The van der Waals surface area contributed by atoms with Gasteiger partial charge in [0.05, 0.1) is 18.8 Å². The number of aliphatic hydroxyl groups excluding tert-OH is 1. The number of halogens is 3. The summed E-state index contributed by atoms with van der Waals surface area (Å²) in [5.74, 6) is -2.64. The molecule has 8 nitrogen and oxygen atoms in total. The molecule has 0 radical (unpaired) electrons. The number of hydrogen-bond acceptors (Lipinski definition) is 6. The van der Waals surface area contributed by atoms with Crippen LogP contribution in [0.4, 0.5) is 18.9 Å². The number of nitrogens with one attached hydrogen (secondary N) is 1. The lowest BCUT2D eigenvalue weighted by Gasteiger charge is -2.43. The number of carbonyl (C=O) groups is 2. The minimum absolute atomic E-state index is 0.00485. The highest BCUT2D eigenvalue weighted by Crippen LogP contribution is 2.42. The van der Waals surface area contributed by atoms with E-state index in [1.54, 1.807) is 18.2 Å². The summed E-state index contributed by atoms with van der Waals surface area (Å²) in [6.45, 7) is 9.22. The molecule has 0 spiro atoms. The summed E-state index contributed by atoms with van der Waals surface area (Å²) < 4.78 is 53.1. The molecular formula is C42H62F3N3O5. The van der Waals surface area contributed by atoms with Gasteiger partial charge in [0.1, 0.15) is 6.04 Å². The molecule has 53 heavy (non-hydrogen) atoms. The normalized spacial score (nSPS) is 22.0. The number of aliphatic hydroxyl groups is 1. The summed E-state index contributed by atoms with van der Waals surface area (Å²) in [4.78, 5) is 28.4. The zero-order chi connectivity index (χ0) is 38.2. The zero-order valence-corrected chi connectivity index (χ0v) is 32.0. The number of nitrogens with zero attached hydrogens (tertiary/aromatic N) is 2. The van der Waals surface area contributed by atoms with Gasteiger partial charge in [-0.25, -0.2) is 0 Å². The maximum absolute atomic E-state index is 13.2. The van der Waals surface area contributed by atoms with Crippen molar-refractivity contribution in [3.63, 3.8) is 0 Å². The molecule has 0 unspecified atom stereocenters. The Morgan fingerprint density at radius 2 is 1.49 bits per heavy atom. The van der Waals surface area contributed by atoms with Gasteiger partial charge >= 0.3 is 12.1 Å². The van der Waals surface area contributed by atoms with Gasteiger partial charge in [-0.15, -0.1) is 0 Å². The quantitative estimate of drug-likeness (QED) is 0.124. The van der Waals surface area contributed by atoms with Crippen LogP contribution in [0.1, 0.15) is 140 Å². The van der Waals surface area contributed by atoms with Gasteiger partial charge in [0, 0.05) is 30.3 Å². The van der Waals surface area contributed by atoms with Crippen molar-refractivity contribution in [2.45, 2.75) is 148 Å². The molecule has 5 atom stereocenters. The van der Waals surface area contributed by atoms with E-state index in [1.165, 1.54) is 64.2 Å². The molecule has 2 amide bonds. The second kappa shape index (κ2) is 21.8. The van der Waals surface area contributed by atoms with Gasteiger partial charge in [0.15, 0.2) is 6.29 Å². The van der Waals surface area contributed by atoms with Crippen molar-refractivity contribution >= 4 is 17.5 Å². The summed E-state index contributed by atoms with van der Waals surface area (Å²) in [7, 11) is 0. The van der Waals surface area contributed by atoms with Crippen LogP contribution in [0.2, 0.25) is 0 Å². The second-order valence-electron chi connectivity index (χ2n) is 14.9. The minimum atomic E-state index is -5.04. The van der Waals surface area contributed by atoms with Crippen molar-refractivity contribution in [3.8, 4) is 0 Å². The fourth-order valence-electron chi connectivity index (χ4n) is 7.54. The molecule has 0 aliphatic carbocycles. The number of ether oxygens (including phenoxy) is 2. The molecule has 2 heterocycles. The largest absolute Gasteiger partial charge is 0.471 e. The summed E-state index contributed by atoms with van der Waals surface area (Å²) >= 11 is 0. The first-order valence-electron chi connectivity index (χ1n) is 20.1. The first-order valence-corrected chi connectivity index (χ1v) is 20.1. The molecule has 11 heteroatoms. The second-order valence-corrected chi connectivity index (χ2v) is 14.9. The van der Waals surface area contributed by atoms with Crippen LogP contribution < -0.4 is 5.32 Å². The van der Waals surface area contributed by atoms with Crippen LogP contribution in [0.15, 0.2) is 48.5 Å². The van der Waals surface area contributed by atoms with Crippen LogP contribution in [-0.4, -0.2) is 71.2 Å². The van der Waals surface area contributed by atoms with Crippen molar-refractivity contribution in [3.05, 3.63) is 65.2 Å². The van der Waals surface area contributed by atoms with Crippen LogP contribution in [0.25, 0.3) is 0 Å². The maximum Gasteiger partial charge on any atom is 0.471 e. The molecule has 2 saturated heterocycles. The number of rotatable bonds is 21. The third-order valence-corrected chi connectivity index (χ3v) is 10.7. The predicted octanol–water partition coefficient (Wildman–Crippen LogP) is 9.49. The van der Waals surface area contributed by atoms with Crippen molar-refractivity contribution in [1.29, 1.82) is 0 Å². The first kappa shape index (κ1) is 42.7. The van der Waals surface area contributed by atoms with Crippen LogP contribution in [0.3, 0.4) is 0 Å². The van der Waals surface area contributed by atoms with Crippen LogP contribution in [0, 0.1) is 5.92 Å². The fraction of sp³-hybridized carbons (Fsp3) is 0.667. The van der Waals surface area contributed by atoms with Crippen LogP contribution >= 0.6 is 0 Å². The number of unbranched alkanes of at least 4 members (excludes halogenated alkanes) is 10. The van der Waals surface area contributed by atoms with E-state index in [0.717, 1.165) is 43.6 Å². The SMILES string of the molecule is CCCCCCCCN(CCCCCCCC)C[C@@H]1O[C@H](c2cccc(NC(=O)[C@@H]3CCCN3C(=O)C(F)(F)F)c2)O[C@H](c2ccc(CO)cc2)[C@@H]1C. The number of carbonyl (C=O) groups excluding carboxylic acids is 2. The maximum atomic E-state index is 13.2. The molecule has 2 aromatic rings. The highest BCUT2D eigenvalue weighted by atomic mass is 19.4. The topological polar surface area (TPSA) is 91.3 Å². The number of alkyl halides is 3. The Morgan fingerprint density at radius 3 is 2.09 bits per heavy atom. The molecule has 2 N–H and O–H groups in total. The van der Waals surface area contributed by atoms with Crippen LogP contribution in [-0.2, 0) is 25.7 Å². The van der Waals surface area contributed by atoms with Gasteiger partial charge < -0.3 is 29.7 Å². The number of anilines is 1. The molecule has 4 rings (SSSR count). The van der Waals surface area contributed by atoms with E-state index in [0.29, 0.717) is 22.6 Å². The summed E-state index contributed by atoms with van der Waals surface area (Å²) in [5.41, 5.74) is 2.85. The first-order chi connectivity index (χ1) is 25.5. The number of benzene rings is 2. The Kier molecular flexibility index (Phi) is 17.6. The van der Waals surface area contributed by atoms with Crippen molar-refractivity contribution < 1.29 is 37.3 Å². The molecule has 0 aromatic heterocycles. The van der Waals surface area contributed by atoms with Gasteiger partial charge in [-0.3, -0.25) is 9.59 Å². The highest BCUT2D eigenvalue weighted by molar-refractivity contribution is 5.98. The molecule has 0 saturated carbocycles. The lowest BCUT2D eigenvalue weighted by atomic mass is 9.90. The average Bonchev–Trinajstić information content (AvgIpc) is 3.65. The molecule has 2 aliphatic rings. The lowest BCUT2D eigenvalue weighted by molar-refractivity contribution is -0.276. The van der Waals surface area contributed by atoms with Gasteiger partial charge in [-0.1, -0.05) is 121 Å². The smallest absolute Gasteiger partial charge is 0.392 e. The van der Waals surface area contributed by atoms with E-state index in [2.05, 4.69) is 31.0 Å². The number of hydrogen-bond donors (Lipinski definition) is 2. The average molecular weight is 746 g/mol. The van der Waals surface area contributed by atoms with E-state index in [-0.39, 0.29) is 37.7 Å². The Morgan fingerprint density at radius 1 is 0.868 bits per heavy atom. The van der Waals surface area contributed by atoms with Gasteiger partial charge in [-0.2, -0.15) is 13.2 Å². The standard InChI is InChI=1S/C42H62F3N3O5/c1-4-6-8-10-12-14-25-47(26-15-13-11-9-7-5-2)29-37-31(3)38(33-23-21-32(30-49)22-24-33)53-40(52-37)34-18-16-19-35(28-34)46-39(50)36-20-17-27-48(36)41(51)42(43,44)45/h16,18-19,21-24,28,31,36-38,40,49H,4-15,17,20,25-27,29-30H2,1-3H3,(H,46,50)/t31-,36+,37+,38+,40+/m1/s1. The van der Waals surface area contributed by atoms with Crippen molar-refractivity contribution in [1.82, 2.24) is 9.80 Å². The van der Waals surface area contributed by atoms with Gasteiger partial charge in [0.25, 0.3) is 0 Å². The number of amides is 2. The molecule has 0 bridgehead atoms. The third kappa shape index (κ3) is 13.1. The Bertz CT molecular complexity index is 1370. The Labute approximate surface area is 314 Å². The van der Waals surface area contributed by atoms with E-state index in [4.69, 9.17) is 9.47 Å². The number of likely N-dealkylation sites (tertiary alicyclic amines) is 1. The van der Waals surface area contributed by atoms with Crippen LogP contribution in [0.5, 0.6) is 0 Å². The highest BCUT2D eigenvalue weighted by Gasteiger charge is 2.47. The van der Waals surface area contributed by atoms with E-state index >= 15 is 0 Å². The van der Waals surface area contributed by atoms with E-state index in [1.807, 2.05) is 30.3 Å². The minimum Gasteiger partial charge on any atom is -0.392 e. The van der Waals surface area contributed by atoms with Crippen molar-refractivity contribution in [2.24, 2.45) is 5.92 Å². The summed E-state index contributed by atoms with van der Waals surface area (Å²) in [6.07, 6.45) is 8.94. The van der Waals surface area contributed by atoms with E-state index in [9.17, 15) is 27.9 Å². The zero-order valence-electron chi connectivity index (χ0n) is 32.0. The summed E-state index contributed by atoms with van der Waals surface area (Å²) in [6, 6.07) is 13.6. The fourth-order valence-corrected chi connectivity index (χ4v) is 7.54. The molecule has 2 aromatic carbocycles. The Balaban J connectivity index is 1.52. The molecule has 2 fully saturated rings. The lowest BCUT2D eigenvalue weighted by Crippen LogP contribution is -2.48. The molecule has 296 valence electrons. The predicted molar refractivity (Wildman–Crippen MR) is 202 cm³/mol. The summed E-state index contributed by atoms with van der Waals surface area (Å²) in [5, 5.41) is 12.4. The van der Waals surface area contributed by atoms with Gasteiger partial charge in [0.2, 0.25) is 5.91 Å².